The van der Waals surface area contributed by atoms with Crippen LogP contribution in [0.2, 0.25) is 5.02 Å². The van der Waals surface area contributed by atoms with Gasteiger partial charge in [0.1, 0.15) is 0 Å². The van der Waals surface area contributed by atoms with Crippen LogP contribution in [0.4, 0.5) is 5.13 Å². The van der Waals surface area contributed by atoms with Crippen LogP contribution >= 0.6 is 22.9 Å². The molecule has 7 nitrogen and oxygen atoms in total. The van der Waals surface area contributed by atoms with Gasteiger partial charge >= 0.3 is 0 Å². The van der Waals surface area contributed by atoms with E-state index in [-0.39, 0.29) is 23.9 Å². The van der Waals surface area contributed by atoms with E-state index in [9.17, 15) is 13.2 Å². The molecule has 0 saturated carbocycles. The van der Waals surface area contributed by atoms with Gasteiger partial charge in [-0.2, -0.15) is 4.31 Å². The van der Waals surface area contributed by atoms with Gasteiger partial charge in [-0.1, -0.05) is 53.3 Å². The highest BCUT2D eigenvalue weighted by Gasteiger charge is 2.36. The Labute approximate surface area is 219 Å². The molecular formula is C26H25ClN4O3S2. The van der Waals surface area contributed by atoms with Crippen molar-refractivity contribution in [2.45, 2.75) is 31.2 Å². The number of aryl methyl sites for hydroxylation is 1. The second-order valence-corrected chi connectivity index (χ2v) is 12.2. The smallest absolute Gasteiger partial charge is 0.243 e. The minimum atomic E-state index is -3.69. The van der Waals surface area contributed by atoms with E-state index in [1.165, 1.54) is 15.6 Å². The summed E-state index contributed by atoms with van der Waals surface area (Å²) in [5, 5.41) is 1.13. The first-order valence-electron chi connectivity index (χ1n) is 11.7. The fraction of sp³-hybridized carbons (Fsp3) is 0.269. The number of halogens is 1. The lowest BCUT2D eigenvalue weighted by atomic mass is 9.98. The summed E-state index contributed by atoms with van der Waals surface area (Å²) in [5.74, 6) is -0.642. The molecule has 1 atom stereocenters. The molecule has 36 heavy (non-hydrogen) atoms. The first-order valence-corrected chi connectivity index (χ1v) is 14.3. The first kappa shape index (κ1) is 24.8. The van der Waals surface area contributed by atoms with E-state index in [1.807, 2.05) is 31.2 Å². The number of sulfonamides is 1. The number of nitrogens with zero attached hydrogens (tertiary/aromatic N) is 4. The van der Waals surface area contributed by atoms with Crippen LogP contribution in [0.15, 0.2) is 71.9 Å². The van der Waals surface area contributed by atoms with Crippen LogP contribution in [-0.2, 0) is 21.4 Å². The van der Waals surface area contributed by atoms with Gasteiger partial charge in [-0.3, -0.25) is 14.7 Å². The first-order chi connectivity index (χ1) is 17.3. The number of piperidine rings is 1. The molecule has 0 spiro atoms. The predicted molar refractivity (Wildman–Crippen MR) is 143 cm³/mol. The molecule has 1 fully saturated rings. The topological polar surface area (TPSA) is 83.5 Å². The molecule has 1 aliphatic heterocycles. The Kier molecular flexibility index (Phi) is 7.07. The van der Waals surface area contributed by atoms with Crippen LogP contribution < -0.4 is 4.90 Å². The van der Waals surface area contributed by atoms with Gasteiger partial charge in [0.05, 0.1) is 32.6 Å². The van der Waals surface area contributed by atoms with Crippen molar-refractivity contribution in [2.75, 3.05) is 18.0 Å². The Morgan fingerprint density at radius 1 is 1.17 bits per heavy atom. The van der Waals surface area contributed by atoms with Gasteiger partial charge in [0.2, 0.25) is 15.9 Å². The summed E-state index contributed by atoms with van der Waals surface area (Å²) in [6.45, 7) is 2.76. The SMILES string of the molecule is Cc1ccc(Cl)c2sc(N(Cc3cccnc3)C(=O)C3CCCN(S(=O)(=O)c4ccccc4)C3)nc12. The second-order valence-electron chi connectivity index (χ2n) is 8.84. The predicted octanol–water partition coefficient (Wildman–Crippen LogP) is 5.29. The van der Waals surface area contributed by atoms with Crippen molar-refractivity contribution >= 4 is 54.2 Å². The lowest BCUT2D eigenvalue weighted by molar-refractivity contribution is -0.123. The minimum absolute atomic E-state index is 0.129. The van der Waals surface area contributed by atoms with E-state index in [0.717, 1.165) is 21.3 Å². The average Bonchev–Trinajstić information content (AvgIpc) is 3.37. The zero-order chi connectivity index (χ0) is 25.3. The van der Waals surface area contributed by atoms with E-state index >= 15 is 0 Å². The van der Waals surface area contributed by atoms with E-state index in [4.69, 9.17) is 16.6 Å². The summed E-state index contributed by atoms with van der Waals surface area (Å²) < 4.78 is 28.7. The molecule has 0 N–H and O–H groups in total. The van der Waals surface area contributed by atoms with Gasteiger partial charge in [0.15, 0.2) is 5.13 Å². The number of rotatable bonds is 6. The Bertz CT molecular complexity index is 1450. The van der Waals surface area contributed by atoms with Crippen molar-refractivity contribution in [1.29, 1.82) is 0 Å². The summed E-state index contributed by atoms with van der Waals surface area (Å²) in [6.07, 6.45) is 4.62. The van der Waals surface area contributed by atoms with Crippen LogP contribution in [0.5, 0.6) is 0 Å². The number of carbonyl (C=O) groups excluding carboxylic acids is 1. The molecule has 0 radical (unpaired) electrons. The van der Waals surface area contributed by atoms with Gasteiger partial charge in [0, 0.05) is 25.5 Å². The molecule has 186 valence electrons. The minimum Gasteiger partial charge on any atom is -0.283 e. The summed E-state index contributed by atoms with van der Waals surface area (Å²) >= 11 is 7.82. The number of carbonyl (C=O) groups is 1. The zero-order valence-electron chi connectivity index (χ0n) is 19.7. The summed E-state index contributed by atoms with van der Waals surface area (Å²) in [7, 11) is -3.69. The van der Waals surface area contributed by atoms with E-state index < -0.39 is 15.9 Å². The van der Waals surface area contributed by atoms with E-state index in [2.05, 4.69) is 4.98 Å². The third-order valence-electron chi connectivity index (χ3n) is 6.36. The number of fused-ring (bicyclic) bond motifs is 1. The molecule has 1 unspecified atom stereocenters. The number of hydrogen-bond acceptors (Lipinski definition) is 6. The molecule has 0 aliphatic carbocycles. The highest BCUT2D eigenvalue weighted by atomic mass is 35.5. The quantitative estimate of drug-likeness (QED) is 0.332. The third-order valence-corrected chi connectivity index (χ3v) is 9.78. The number of benzene rings is 2. The molecule has 1 amide bonds. The summed E-state index contributed by atoms with van der Waals surface area (Å²) in [4.78, 5) is 24.8. The normalized spacial score (nSPS) is 16.8. The number of hydrogen-bond donors (Lipinski definition) is 0. The zero-order valence-corrected chi connectivity index (χ0v) is 22.1. The maximum Gasteiger partial charge on any atom is 0.243 e. The monoisotopic (exact) mass is 540 g/mol. The molecule has 2 aromatic heterocycles. The maximum atomic E-state index is 14.0. The molecule has 5 rings (SSSR count). The van der Waals surface area contributed by atoms with Gasteiger partial charge in [-0.15, -0.1) is 0 Å². The van der Waals surface area contributed by atoms with Crippen LogP contribution in [0.25, 0.3) is 10.2 Å². The molecule has 1 saturated heterocycles. The van der Waals surface area contributed by atoms with Crippen LogP contribution in [0.1, 0.15) is 24.0 Å². The second kappa shape index (κ2) is 10.3. The standard InChI is InChI=1S/C26H25ClN4O3S2/c1-18-11-12-22(27)24-23(18)29-26(35-24)31(16-19-7-5-13-28-15-19)25(32)20-8-6-14-30(17-20)36(33,34)21-9-3-2-4-10-21/h2-5,7,9-13,15,20H,6,8,14,16-17H2,1H3. The molecule has 3 heterocycles. The number of anilines is 1. The molecule has 1 aliphatic rings. The molecular weight excluding hydrogens is 516 g/mol. The van der Waals surface area contributed by atoms with Crippen molar-refractivity contribution in [1.82, 2.24) is 14.3 Å². The lowest BCUT2D eigenvalue weighted by Crippen LogP contribution is -2.46. The maximum absolute atomic E-state index is 14.0. The molecule has 0 bridgehead atoms. The largest absolute Gasteiger partial charge is 0.283 e. The van der Waals surface area contributed by atoms with Crippen LogP contribution in [0.3, 0.4) is 0 Å². The molecule has 10 heteroatoms. The Morgan fingerprint density at radius 2 is 1.97 bits per heavy atom. The van der Waals surface area contributed by atoms with E-state index in [0.29, 0.717) is 29.5 Å². The Morgan fingerprint density at radius 3 is 2.69 bits per heavy atom. The van der Waals surface area contributed by atoms with Crippen molar-refractivity contribution in [3.05, 3.63) is 83.1 Å². The van der Waals surface area contributed by atoms with Gasteiger partial charge in [-0.25, -0.2) is 13.4 Å². The molecule has 2 aromatic carbocycles. The van der Waals surface area contributed by atoms with Gasteiger partial charge in [0.25, 0.3) is 0 Å². The number of amides is 1. The van der Waals surface area contributed by atoms with Crippen LogP contribution in [-0.4, -0.2) is 41.7 Å². The average molecular weight is 541 g/mol. The van der Waals surface area contributed by atoms with Crippen molar-refractivity contribution < 1.29 is 13.2 Å². The summed E-state index contributed by atoms with van der Waals surface area (Å²) in [6, 6.07) is 15.8. The van der Waals surface area contributed by atoms with E-state index in [1.54, 1.807) is 47.6 Å². The summed E-state index contributed by atoms with van der Waals surface area (Å²) in [5.41, 5.74) is 2.60. The number of thiazole rings is 1. The lowest BCUT2D eigenvalue weighted by Gasteiger charge is -2.33. The van der Waals surface area contributed by atoms with Crippen LogP contribution in [0, 0.1) is 12.8 Å². The molecule has 4 aromatic rings. The Balaban J connectivity index is 1.48. The Hall–Kier alpha value is -2.85. The van der Waals surface area contributed by atoms with Crippen molar-refractivity contribution in [2.24, 2.45) is 5.92 Å². The number of pyridine rings is 1. The van der Waals surface area contributed by atoms with Crippen molar-refractivity contribution in [3.8, 4) is 0 Å². The number of aromatic nitrogens is 2. The van der Waals surface area contributed by atoms with Gasteiger partial charge < -0.3 is 0 Å². The van der Waals surface area contributed by atoms with Gasteiger partial charge in [-0.05, 0) is 55.2 Å². The van der Waals surface area contributed by atoms with Crippen molar-refractivity contribution in [3.63, 3.8) is 0 Å². The third kappa shape index (κ3) is 4.88. The fourth-order valence-corrected chi connectivity index (χ4v) is 7.31. The highest BCUT2D eigenvalue weighted by molar-refractivity contribution is 7.89. The highest BCUT2D eigenvalue weighted by Crippen LogP contribution is 2.37. The fourth-order valence-electron chi connectivity index (χ4n) is 4.44.